The molecule has 1 aromatic rings. The number of carbonyl (C=O) groups is 5. The fraction of sp³-hybridized carbons (Fsp3) is 0.0625. The van der Waals surface area contributed by atoms with Gasteiger partial charge in [0, 0.05) is 24.3 Å². The highest BCUT2D eigenvalue weighted by Gasteiger charge is 2.34. The van der Waals surface area contributed by atoms with E-state index >= 15 is 0 Å². The van der Waals surface area contributed by atoms with Crippen molar-refractivity contribution >= 4 is 29.8 Å². The quantitative estimate of drug-likeness (QED) is 0.435. The molecule has 0 fully saturated rings. The van der Waals surface area contributed by atoms with Crippen molar-refractivity contribution in [3.05, 3.63) is 59.7 Å². The predicted molar refractivity (Wildman–Crippen MR) is 88.8 cm³/mol. The fourth-order valence-corrected chi connectivity index (χ4v) is 1.23. The van der Waals surface area contributed by atoms with Crippen molar-refractivity contribution in [2.45, 2.75) is 6.18 Å². The number of carboxylic acids is 4. The molecule has 6 N–H and O–H groups in total. The second-order valence-corrected chi connectivity index (χ2v) is 4.43. The van der Waals surface area contributed by atoms with E-state index in [4.69, 9.17) is 26.2 Å². The lowest BCUT2D eigenvalue weighted by atomic mass is 10.1. The average Bonchev–Trinajstić information content (AvgIpc) is 2.58. The van der Waals surface area contributed by atoms with Gasteiger partial charge in [0.15, 0.2) is 0 Å². The van der Waals surface area contributed by atoms with E-state index in [1.54, 1.807) is 0 Å². The number of nitrogens with two attached hydrogens (primary N) is 1. The number of rotatable bonds is 5. The van der Waals surface area contributed by atoms with Gasteiger partial charge >= 0.3 is 30.1 Å². The molecule has 0 spiro atoms. The summed E-state index contributed by atoms with van der Waals surface area (Å²) in [5.74, 6) is -6.10. The molecule has 0 heterocycles. The summed E-state index contributed by atoms with van der Waals surface area (Å²) in [6.07, 6.45) is -2.30. The number of alkyl halides is 3. The van der Waals surface area contributed by atoms with Crippen LogP contribution in [0.3, 0.4) is 0 Å². The third-order valence-electron chi connectivity index (χ3n) is 2.23. The first-order chi connectivity index (χ1) is 13.2. The maximum atomic E-state index is 12.2. The number of benzene rings is 1. The molecule has 0 aliphatic carbocycles. The molecule has 0 aliphatic heterocycles. The number of hydrogen-bond donors (Lipinski definition) is 5. The molecule has 10 nitrogen and oxygen atoms in total. The Morgan fingerprint density at radius 3 is 1.24 bits per heavy atom. The Morgan fingerprint density at radius 2 is 1.03 bits per heavy atom. The number of primary amides is 1. The summed E-state index contributed by atoms with van der Waals surface area (Å²) in [5, 5.41) is 31.2. The number of amides is 1. The van der Waals surface area contributed by atoms with E-state index in [0.717, 1.165) is 12.1 Å². The Kier molecular flexibility index (Phi) is 12.2. The molecule has 0 saturated carbocycles. The molecule has 13 heteroatoms. The van der Waals surface area contributed by atoms with E-state index in [-0.39, 0.29) is 0 Å². The zero-order valence-electron chi connectivity index (χ0n) is 14.2. The lowest BCUT2D eigenvalue weighted by molar-refractivity contribution is -0.138. The van der Waals surface area contributed by atoms with Gasteiger partial charge in [-0.2, -0.15) is 13.2 Å². The van der Waals surface area contributed by atoms with Gasteiger partial charge in [-0.3, -0.25) is 4.79 Å². The van der Waals surface area contributed by atoms with Crippen LogP contribution in [-0.4, -0.2) is 50.2 Å². The molecule has 158 valence electrons. The number of carboxylic acid groups (broad SMARTS) is 4. The highest BCUT2D eigenvalue weighted by atomic mass is 19.4. The van der Waals surface area contributed by atoms with Crippen LogP contribution in [0.1, 0.15) is 15.9 Å². The van der Waals surface area contributed by atoms with E-state index in [0.29, 0.717) is 24.3 Å². The minimum Gasteiger partial charge on any atom is -0.478 e. The molecule has 0 radical (unpaired) electrons. The van der Waals surface area contributed by atoms with Gasteiger partial charge in [0.05, 0.1) is 11.1 Å². The molecule has 29 heavy (non-hydrogen) atoms. The van der Waals surface area contributed by atoms with E-state index < -0.39 is 47.1 Å². The predicted octanol–water partition coefficient (Wildman–Crippen LogP) is 1.23. The molecule has 0 unspecified atom stereocenters. The van der Waals surface area contributed by atoms with E-state index in [1.807, 2.05) is 0 Å². The Morgan fingerprint density at radius 1 is 0.724 bits per heavy atom. The van der Waals surface area contributed by atoms with Crippen LogP contribution >= 0.6 is 0 Å². The summed E-state index contributed by atoms with van der Waals surface area (Å²) < 4.78 is 36.6. The first kappa shape index (κ1) is 27.1. The van der Waals surface area contributed by atoms with Crippen molar-refractivity contribution in [2.75, 3.05) is 0 Å². The lowest BCUT2D eigenvalue weighted by Crippen LogP contribution is -2.18. The van der Waals surface area contributed by atoms with Crippen molar-refractivity contribution in [3.8, 4) is 0 Å². The molecule has 0 aliphatic rings. The highest BCUT2D eigenvalue weighted by Crippen LogP contribution is 2.31. The van der Waals surface area contributed by atoms with Crippen LogP contribution < -0.4 is 5.73 Å². The Hall–Kier alpha value is -4.16. The van der Waals surface area contributed by atoms with Crippen LogP contribution in [0.2, 0.25) is 0 Å². The van der Waals surface area contributed by atoms with Gasteiger partial charge in [0.2, 0.25) is 5.91 Å². The first-order valence-electron chi connectivity index (χ1n) is 6.92. The SMILES string of the molecule is NC(=O)c1ccccc1C(F)(F)F.O=C(O)/C=C\C(=O)O.O=C(O)/C=C\C(=O)O. The molecule has 0 bridgehead atoms. The van der Waals surface area contributed by atoms with Gasteiger partial charge < -0.3 is 26.2 Å². The van der Waals surface area contributed by atoms with Crippen LogP contribution in [0.4, 0.5) is 13.2 Å². The van der Waals surface area contributed by atoms with Gasteiger partial charge in [-0.05, 0) is 12.1 Å². The largest absolute Gasteiger partial charge is 0.478 e. The van der Waals surface area contributed by atoms with Crippen molar-refractivity contribution in [1.29, 1.82) is 0 Å². The summed E-state index contributed by atoms with van der Waals surface area (Å²) in [5.41, 5.74) is 3.27. The summed E-state index contributed by atoms with van der Waals surface area (Å²) in [6, 6.07) is 4.40. The number of halogens is 3. The first-order valence-corrected chi connectivity index (χ1v) is 6.92. The van der Waals surface area contributed by atoms with Gasteiger partial charge in [-0.25, -0.2) is 19.2 Å². The van der Waals surface area contributed by atoms with Crippen LogP contribution in [0.5, 0.6) is 0 Å². The lowest BCUT2D eigenvalue weighted by Gasteiger charge is -2.09. The number of aliphatic carboxylic acids is 4. The Bertz CT molecular complexity index is 748. The standard InChI is InChI=1S/C8H6F3NO.2C4H4O4/c9-8(10,11)6-4-2-1-3-5(6)7(12)13;2*5-3(6)1-2-4(7)8/h1-4H,(H2,12,13);2*1-2H,(H,5,6)(H,7,8)/b;2*2-1-. The maximum Gasteiger partial charge on any atom is 0.417 e. The highest BCUT2D eigenvalue weighted by molar-refractivity contribution is 5.94. The average molecular weight is 421 g/mol. The van der Waals surface area contributed by atoms with Gasteiger partial charge in [0.25, 0.3) is 0 Å². The van der Waals surface area contributed by atoms with Gasteiger partial charge in [-0.15, -0.1) is 0 Å². The van der Waals surface area contributed by atoms with Crippen LogP contribution in [0, 0.1) is 0 Å². The minimum absolute atomic E-state index is 0.505. The molecular formula is C16H14F3NO9. The number of hydrogen-bond acceptors (Lipinski definition) is 5. The number of carbonyl (C=O) groups excluding carboxylic acids is 1. The van der Waals surface area contributed by atoms with E-state index in [1.165, 1.54) is 12.1 Å². The van der Waals surface area contributed by atoms with E-state index in [9.17, 15) is 37.1 Å². The zero-order chi connectivity index (χ0) is 23.2. The molecule has 1 rings (SSSR count). The zero-order valence-corrected chi connectivity index (χ0v) is 14.2. The van der Waals surface area contributed by atoms with Gasteiger partial charge in [-0.1, -0.05) is 12.1 Å². The normalized spacial score (nSPS) is 10.3. The molecule has 1 aromatic carbocycles. The van der Waals surface area contributed by atoms with Crippen LogP contribution in [0.25, 0.3) is 0 Å². The third-order valence-corrected chi connectivity index (χ3v) is 2.23. The van der Waals surface area contributed by atoms with Crippen LogP contribution in [-0.2, 0) is 25.4 Å². The Balaban J connectivity index is 0. The summed E-state index contributed by atoms with van der Waals surface area (Å²) in [6.45, 7) is 0. The van der Waals surface area contributed by atoms with Crippen molar-refractivity contribution in [2.24, 2.45) is 5.73 Å². The van der Waals surface area contributed by atoms with Crippen LogP contribution in [0.15, 0.2) is 48.6 Å². The summed E-state index contributed by atoms with van der Waals surface area (Å²) in [4.78, 5) is 48.8. The van der Waals surface area contributed by atoms with Crippen molar-refractivity contribution in [3.63, 3.8) is 0 Å². The summed E-state index contributed by atoms with van der Waals surface area (Å²) >= 11 is 0. The van der Waals surface area contributed by atoms with Crippen molar-refractivity contribution < 1.29 is 57.6 Å². The molecule has 0 saturated heterocycles. The minimum atomic E-state index is -4.54. The molecular weight excluding hydrogens is 407 g/mol. The molecule has 0 atom stereocenters. The second kappa shape index (κ2) is 13.1. The van der Waals surface area contributed by atoms with Gasteiger partial charge in [0.1, 0.15) is 0 Å². The monoisotopic (exact) mass is 421 g/mol. The second-order valence-electron chi connectivity index (χ2n) is 4.43. The summed E-state index contributed by atoms with van der Waals surface area (Å²) in [7, 11) is 0. The van der Waals surface area contributed by atoms with E-state index in [2.05, 4.69) is 0 Å². The molecule has 0 aromatic heterocycles. The molecule has 1 amide bonds. The van der Waals surface area contributed by atoms with Crippen molar-refractivity contribution in [1.82, 2.24) is 0 Å². The fourth-order valence-electron chi connectivity index (χ4n) is 1.23. The Labute approximate surface area is 160 Å². The maximum absolute atomic E-state index is 12.2. The topological polar surface area (TPSA) is 192 Å². The smallest absolute Gasteiger partial charge is 0.417 e. The third kappa shape index (κ3) is 15.8.